The van der Waals surface area contributed by atoms with Crippen LogP contribution in [0.5, 0.6) is 0 Å². The van der Waals surface area contributed by atoms with E-state index in [1.54, 1.807) is 0 Å². The molecule has 1 aromatic carbocycles. The molecule has 1 saturated heterocycles. The van der Waals surface area contributed by atoms with E-state index in [2.05, 4.69) is 24.1 Å². The Bertz CT molecular complexity index is 471. The molecule has 0 bridgehead atoms. The number of hydrogen-bond donors (Lipinski definition) is 2. The summed E-state index contributed by atoms with van der Waals surface area (Å²) in [4.78, 5) is 14.8. The van der Waals surface area contributed by atoms with E-state index in [-0.39, 0.29) is 11.9 Å². The minimum Gasteiger partial charge on any atom is -0.326 e. The van der Waals surface area contributed by atoms with Gasteiger partial charge in [0, 0.05) is 18.3 Å². The average Bonchev–Trinajstić information content (AvgIpc) is 2.50. The zero-order valence-corrected chi connectivity index (χ0v) is 13.3. The molecule has 0 spiro atoms. The fourth-order valence-electron chi connectivity index (χ4n) is 3.04. The number of benzene rings is 1. The molecular weight excluding hydrogens is 262 g/mol. The second kappa shape index (κ2) is 7.05. The van der Waals surface area contributed by atoms with Gasteiger partial charge >= 0.3 is 0 Å². The minimum atomic E-state index is -0.100. The molecule has 1 aliphatic heterocycles. The Labute approximate surface area is 127 Å². The molecule has 1 amide bonds. The van der Waals surface area contributed by atoms with Crippen LogP contribution in [0.15, 0.2) is 24.3 Å². The molecule has 21 heavy (non-hydrogen) atoms. The number of carbonyl (C=O) groups excluding carboxylic acids is 1. The van der Waals surface area contributed by atoms with Crippen molar-refractivity contribution in [3.63, 3.8) is 0 Å². The van der Waals surface area contributed by atoms with Gasteiger partial charge < -0.3 is 11.1 Å². The van der Waals surface area contributed by atoms with Crippen LogP contribution in [0.3, 0.4) is 0 Å². The molecule has 3 atom stereocenters. The molecular formula is C17H27N3O. The van der Waals surface area contributed by atoms with Crippen LogP contribution in [0.25, 0.3) is 0 Å². The summed E-state index contributed by atoms with van der Waals surface area (Å²) >= 11 is 0. The fraction of sp³-hybridized carbons (Fsp3) is 0.588. The number of amides is 1. The third-order valence-corrected chi connectivity index (χ3v) is 4.76. The summed E-state index contributed by atoms with van der Waals surface area (Å²) in [6, 6.07) is 8.08. The number of piperidine rings is 1. The van der Waals surface area contributed by atoms with E-state index < -0.39 is 0 Å². The van der Waals surface area contributed by atoms with Crippen LogP contribution in [0.2, 0.25) is 0 Å². The van der Waals surface area contributed by atoms with Gasteiger partial charge in [-0.2, -0.15) is 0 Å². The summed E-state index contributed by atoms with van der Waals surface area (Å²) in [6.45, 7) is 8.02. The highest BCUT2D eigenvalue weighted by Gasteiger charge is 2.31. The van der Waals surface area contributed by atoms with Gasteiger partial charge in [-0.15, -0.1) is 0 Å². The van der Waals surface area contributed by atoms with Crippen molar-refractivity contribution in [1.82, 2.24) is 4.90 Å². The molecule has 3 N–H and O–H groups in total. The van der Waals surface area contributed by atoms with E-state index in [9.17, 15) is 4.79 Å². The number of carbonyl (C=O) groups is 1. The fourth-order valence-corrected chi connectivity index (χ4v) is 3.04. The summed E-state index contributed by atoms with van der Waals surface area (Å²) in [6.07, 6.45) is 2.43. The van der Waals surface area contributed by atoms with Gasteiger partial charge in [0.25, 0.3) is 0 Å². The molecule has 3 unspecified atom stereocenters. The zero-order valence-electron chi connectivity index (χ0n) is 13.3. The van der Waals surface area contributed by atoms with Gasteiger partial charge in [-0.25, -0.2) is 0 Å². The van der Waals surface area contributed by atoms with Gasteiger partial charge in [0.05, 0.1) is 6.04 Å². The Morgan fingerprint density at radius 1 is 1.38 bits per heavy atom. The van der Waals surface area contributed by atoms with Crippen LogP contribution < -0.4 is 11.1 Å². The number of rotatable bonds is 4. The highest BCUT2D eigenvalue weighted by atomic mass is 16.2. The molecule has 1 aliphatic rings. The predicted molar refractivity (Wildman–Crippen MR) is 87.0 cm³/mol. The summed E-state index contributed by atoms with van der Waals surface area (Å²) in [5, 5.41) is 3.00. The van der Waals surface area contributed by atoms with Gasteiger partial charge in [-0.1, -0.05) is 19.1 Å². The number of nitrogens with zero attached hydrogens (tertiary/aromatic N) is 1. The first kappa shape index (κ1) is 16.0. The normalized spacial score (nSPS) is 24.6. The standard InChI is InChI=1S/C17H27N3O/c1-12-5-4-10-20(13(12)2)14(3)17(21)19-16-8-6-15(11-18)7-9-16/h6-9,12-14H,4-5,10-11,18H2,1-3H3,(H,19,21). The Morgan fingerprint density at radius 3 is 2.67 bits per heavy atom. The summed E-state index contributed by atoms with van der Waals surface area (Å²) in [7, 11) is 0. The van der Waals surface area contributed by atoms with Crippen molar-refractivity contribution in [1.29, 1.82) is 0 Å². The van der Waals surface area contributed by atoms with Crippen molar-refractivity contribution < 1.29 is 4.79 Å². The lowest BCUT2D eigenvalue weighted by Crippen LogP contribution is -2.51. The average molecular weight is 289 g/mol. The first-order valence-corrected chi connectivity index (χ1v) is 7.88. The number of nitrogens with one attached hydrogen (secondary N) is 1. The van der Waals surface area contributed by atoms with Gasteiger partial charge in [-0.05, 0) is 56.8 Å². The van der Waals surface area contributed by atoms with Gasteiger partial charge in [0.2, 0.25) is 5.91 Å². The monoisotopic (exact) mass is 289 g/mol. The van der Waals surface area contributed by atoms with Crippen molar-refractivity contribution in [2.45, 2.75) is 52.2 Å². The van der Waals surface area contributed by atoms with E-state index >= 15 is 0 Å². The molecule has 2 rings (SSSR count). The molecule has 1 aromatic rings. The molecule has 0 radical (unpaired) electrons. The smallest absolute Gasteiger partial charge is 0.241 e. The van der Waals surface area contributed by atoms with E-state index in [0.29, 0.717) is 18.5 Å². The van der Waals surface area contributed by atoms with Crippen molar-refractivity contribution in [2.75, 3.05) is 11.9 Å². The largest absolute Gasteiger partial charge is 0.326 e. The summed E-state index contributed by atoms with van der Waals surface area (Å²) < 4.78 is 0. The maximum atomic E-state index is 12.4. The second-order valence-electron chi connectivity index (χ2n) is 6.16. The quantitative estimate of drug-likeness (QED) is 0.895. The predicted octanol–water partition coefficient (Wildman–Crippen LogP) is 2.59. The third-order valence-electron chi connectivity index (χ3n) is 4.76. The Morgan fingerprint density at radius 2 is 2.05 bits per heavy atom. The number of nitrogens with two attached hydrogens (primary N) is 1. The number of anilines is 1. The lowest BCUT2D eigenvalue weighted by atomic mass is 9.91. The SMILES string of the molecule is CC1CCCN(C(C)C(=O)Nc2ccc(CN)cc2)C1C. The maximum Gasteiger partial charge on any atom is 0.241 e. The van der Waals surface area contributed by atoms with E-state index in [1.807, 2.05) is 31.2 Å². The first-order chi connectivity index (χ1) is 10.0. The van der Waals surface area contributed by atoms with E-state index in [0.717, 1.165) is 17.8 Å². The van der Waals surface area contributed by atoms with Crippen molar-refractivity contribution >= 4 is 11.6 Å². The molecule has 4 heteroatoms. The Kier molecular flexibility index (Phi) is 5.37. The number of hydrogen-bond acceptors (Lipinski definition) is 3. The lowest BCUT2D eigenvalue weighted by Gasteiger charge is -2.41. The molecule has 1 heterocycles. The van der Waals surface area contributed by atoms with E-state index in [1.165, 1.54) is 12.8 Å². The Hall–Kier alpha value is -1.39. The van der Waals surface area contributed by atoms with Crippen LogP contribution in [-0.2, 0) is 11.3 Å². The van der Waals surface area contributed by atoms with Crippen LogP contribution in [0, 0.1) is 5.92 Å². The summed E-state index contributed by atoms with van der Waals surface area (Å²) in [5.41, 5.74) is 7.49. The minimum absolute atomic E-state index is 0.0662. The topological polar surface area (TPSA) is 58.4 Å². The number of likely N-dealkylation sites (tertiary alicyclic amines) is 1. The molecule has 0 aliphatic carbocycles. The van der Waals surface area contributed by atoms with Gasteiger partial charge in [0.15, 0.2) is 0 Å². The van der Waals surface area contributed by atoms with Crippen LogP contribution >= 0.6 is 0 Å². The van der Waals surface area contributed by atoms with Gasteiger partial charge in [-0.3, -0.25) is 9.69 Å². The second-order valence-corrected chi connectivity index (χ2v) is 6.16. The molecule has 0 aromatic heterocycles. The molecule has 116 valence electrons. The highest BCUT2D eigenvalue weighted by molar-refractivity contribution is 5.94. The maximum absolute atomic E-state index is 12.4. The van der Waals surface area contributed by atoms with Crippen molar-refractivity contribution in [2.24, 2.45) is 11.7 Å². The van der Waals surface area contributed by atoms with Crippen LogP contribution in [0.4, 0.5) is 5.69 Å². The van der Waals surface area contributed by atoms with Crippen molar-refractivity contribution in [3.05, 3.63) is 29.8 Å². The molecule has 4 nitrogen and oxygen atoms in total. The van der Waals surface area contributed by atoms with Crippen LogP contribution in [-0.4, -0.2) is 29.4 Å². The summed E-state index contributed by atoms with van der Waals surface area (Å²) in [5.74, 6) is 0.717. The van der Waals surface area contributed by atoms with Crippen LogP contribution in [0.1, 0.15) is 39.2 Å². The van der Waals surface area contributed by atoms with Crippen molar-refractivity contribution in [3.8, 4) is 0 Å². The highest BCUT2D eigenvalue weighted by Crippen LogP contribution is 2.25. The lowest BCUT2D eigenvalue weighted by molar-refractivity contribution is -0.122. The third kappa shape index (κ3) is 3.83. The zero-order chi connectivity index (χ0) is 15.4. The van der Waals surface area contributed by atoms with E-state index in [4.69, 9.17) is 5.73 Å². The van der Waals surface area contributed by atoms with Gasteiger partial charge in [0.1, 0.15) is 0 Å². The first-order valence-electron chi connectivity index (χ1n) is 7.88. The Balaban J connectivity index is 1.98. The molecule has 1 fully saturated rings. The molecule has 0 saturated carbocycles.